The molecule has 102 heavy (non-hydrogen) atoms. The lowest BCUT2D eigenvalue weighted by Gasteiger charge is -2.54. The first-order valence-corrected chi connectivity index (χ1v) is 37.5. The molecule has 5 aromatic rings. The fourth-order valence-corrected chi connectivity index (χ4v) is 16.1. The summed E-state index contributed by atoms with van der Waals surface area (Å²) in [4.78, 5) is 52.3. The zero-order valence-corrected chi connectivity index (χ0v) is 66.1. The Kier molecular flexibility index (Phi) is 26.9. The fraction of sp³-hybridized carbons (Fsp3) is 0.581. The van der Waals surface area contributed by atoms with Crippen LogP contribution in [0.5, 0.6) is 17.2 Å². The third-order valence-corrected chi connectivity index (χ3v) is 21.6. The van der Waals surface area contributed by atoms with Gasteiger partial charge in [-0.25, -0.2) is 0 Å². The second-order valence-corrected chi connectivity index (χ2v) is 36.2. The summed E-state index contributed by atoms with van der Waals surface area (Å²) < 4.78 is 42.5. The molecule has 0 aliphatic carbocycles. The fourth-order valence-electron chi connectivity index (χ4n) is 14.4. The number of hydrogen-bond donors (Lipinski definition) is 3. The number of rotatable bonds is 18. The molecule has 0 saturated carbocycles. The lowest BCUT2D eigenvalue weighted by atomic mass is 9.78. The summed E-state index contributed by atoms with van der Waals surface area (Å²) in [6.07, 6.45) is 6.53. The van der Waals surface area contributed by atoms with Gasteiger partial charge in [-0.2, -0.15) is 0 Å². The third kappa shape index (κ3) is 22.0. The number of phenolic OH excluding ortho intramolecular Hbond substituents is 3. The van der Waals surface area contributed by atoms with Crippen molar-refractivity contribution in [2.24, 2.45) is 10.8 Å². The van der Waals surface area contributed by atoms with Crippen molar-refractivity contribution >= 4 is 35.6 Å². The Morgan fingerprint density at radius 3 is 1.39 bits per heavy atom. The molecule has 15 nitrogen and oxygen atoms in total. The van der Waals surface area contributed by atoms with Gasteiger partial charge in [-0.1, -0.05) is 201 Å². The number of phenols is 3. The van der Waals surface area contributed by atoms with Crippen LogP contribution in [0.2, 0.25) is 0 Å². The van der Waals surface area contributed by atoms with E-state index in [1.54, 1.807) is 0 Å². The van der Waals surface area contributed by atoms with E-state index in [0.717, 1.165) is 62.9 Å². The van der Waals surface area contributed by atoms with Gasteiger partial charge in [0.15, 0.2) is 17.7 Å². The molecule has 4 heterocycles. The molecule has 4 saturated heterocycles. The maximum absolute atomic E-state index is 13.3. The lowest BCUT2D eigenvalue weighted by molar-refractivity contribution is -0.326. The van der Waals surface area contributed by atoms with Crippen LogP contribution in [0.15, 0.2) is 110 Å². The molecule has 0 aromatic heterocycles. The van der Waals surface area contributed by atoms with E-state index < -0.39 is 27.9 Å². The van der Waals surface area contributed by atoms with Crippen molar-refractivity contribution in [2.45, 2.75) is 278 Å². The third-order valence-electron chi connectivity index (χ3n) is 20.0. The summed E-state index contributed by atoms with van der Waals surface area (Å²) in [5, 5.41) is 31.8. The van der Waals surface area contributed by atoms with Gasteiger partial charge in [0.2, 0.25) is 5.91 Å². The minimum atomic E-state index is -0.820. The van der Waals surface area contributed by atoms with Crippen LogP contribution in [0.3, 0.4) is 0 Å². The van der Waals surface area contributed by atoms with Gasteiger partial charge in [-0.05, 0) is 158 Å². The van der Waals surface area contributed by atoms with Crippen molar-refractivity contribution in [3.8, 4) is 17.2 Å². The summed E-state index contributed by atoms with van der Waals surface area (Å²) in [5.41, 5.74) is 8.06. The summed E-state index contributed by atoms with van der Waals surface area (Å²) in [5.74, 6) is -0.583. The largest absolute Gasteiger partial charge is 0.507 e. The Balaban J connectivity index is 0.000000224. The maximum Gasteiger partial charge on any atom is 0.306 e. The molecule has 4 fully saturated rings. The smallest absolute Gasteiger partial charge is 0.306 e. The van der Waals surface area contributed by atoms with Gasteiger partial charge in [-0.3, -0.25) is 19.2 Å². The number of benzene rings is 5. The minimum Gasteiger partial charge on any atom is -0.507 e. The number of aromatic hydroxyl groups is 3. The van der Waals surface area contributed by atoms with E-state index in [0.29, 0.717) is 88.6 Å². The van der Waals surface area contributed by atoms with Crippen LogP contribution in [-0.4, -0.2) is 112 Å². The molecule has 560 valence electrons. The van der Waals surface area contributed by atoms with Crippen molar-refractivity contribution < 1.29 is 67.7 Å². The molecular weight excluding hydrogens is 1300 g/mol. The molecule has 4 aliphatic rings. The van der Waals surface area contributed by atoms with Crippen molar-refractivity contribution in [2.75, 3.05) is 33.0 Å². The van der Waals surface area contributed by atoms with Crippen LogP contribution >= 0.6 is 11.8 Å². The minimum absolute atomic E-state index is 0.0113. The predicted molar refractivity (Wildman–Crippen MR) is 407 cm³/mol. The molecule has 2 unspecified atom stereocenters. The highest BCUT2D eigenvalue weighted by atomic mass is 32.2. The number of carbonyl (C=O) groups is 4. The van der Waals surface area contributed by atoms with Gasteiger partial charge in [-0.15, -0.1) is 11.8 Å². The number of hydrogen-bond acceptors (Lipinski definition) is 15. The summed E-state index contributed by atoms with van der Waals surface area (Å²) in [6.45, 7) is 48.3. The summed E-state index contributed by atoms with van der Waals surface area (Å²) in [6, 6.07) is 33.0. The quantitative estimate of drug-likeness (QED) is 0.0425. The van der Waals surface area contributed by atoms with Gasteiger partial charge in [0.05, 0.1) is 26.4 Å². The van der Waals surface area contributed by atoms with Crippen LogP contribution in [0.4, 0.5) is 0 Å². The Morgan fingerprint density at radius 2 is 0.961 bits per heavy atom. The molecular formula is C86H121NO14S. The van der Waals surface area contributed by atoms with Gasteiger partial charge >= 0.3 is 17.9 Å². The van der Waals surface area contributed by atoms with Crippen LogP contribution < -0.4 is 0 Å². The van der Waals surface area contributed by atoms with Gasteiger partial charge in [0, 0.05) is 77.4 Å². The molecule has 5 aromatic carbocycles. The molecule has 9 rings (SSSR count). The Hall–Kier alpha value is -6.69. The average Bonchev–Trinajstić information content (AvgIpc) is 0.772. The second kappa shape index (κ2) is 33.2. The first-order chi connectivity index (χ1) is 47.3. The van der Waals surface area contributed by atoms with Gasteiger partial charge in [0.25, 0.3) is 0 Å². The molecule has 0 radical (unpaired) electrons. The highest BCUT2D eigenvalue weighted by molar-refractivity contribution is 7.99. The normalized spacial score (nSPS) is 21.5. The Labute approximate surface area is 614 Å². The number of nitrogens with zero attached hydrogens (tertiary/aromatic N) is 1. The number of ether oxygens (including phenoxy) is 7. The number of piperidine rings is 1. The molecule has 0 bridgehead atoms. The number of esters is 3. The molecule has 16 heteroatoms. The highest BCUT2D eigenvalue weighted by Crippen LogP contribution is 2.56. The monoisotopic (exact) mass is 1420 g/mol. The number of aryl methyl sites for hydroxylation is 6. The van der Waals surface area contributed by atoms with Crippen molar-refractivity contribution in [1.29, 1.82) is 0 Å². The first-order valence-electron chi connectivity index (χ1n) is 36.6. The Bertz CT molecular complexity index is 3560. The van der Waals surface area contributed by atoms with Gasteiger partial charge in [0.1, 0.15) is 30.0 Å². The van der Waals surface area contributed by atoms with Crippen molar-refractivity contribution in [3.05, 3.63) is 171 Å². The number of amides is 1. The summed E-state index contributed by atoms with van der Waals surface area (Å²) in [7, 11) is 0. The SMILES string of the molecule is C=CC(=O)N1C(C)(C)CC(OC(=O)CCc2cc(C)c(O)c(C)c2)CC1(C)C.CCC1(OC(=O)CCc2cc(C(C)(C)C)c(O)c(C(C)(C)C)c2)COC2(CC(c3ccccc3)SC(c3ccccc3)C2)OC1.Cc1cc(CCC(=O)OCC(C)(C)C2OCC(C)(C)CO2)cc(C(C)(C)C)c1O. The van der Waals surface area contributed by atoms with E-state index in [1.165, 1.54) is 17.2 Å². The van der Waals surface area contributed by atoms with E-state index >= 15 is 0 Å². The standard InChI is InChI=1S/C39H50O5S.C24H38O5.C23H33NO4/c1-8-38(44-34(40)20-19-27-21-30(36(2,3)4)35(41)31(22-27)37(5,6)7)25-42-39(43-26-38)23-32(28-15-11-9-12-16-28)45-33(24-39)29-17-13-10-14-18-29;1-16-11-17(12-18(20(16)26)22(2,3)4)9-10-19(25)27-15-24(7,8)21-28-13-23(5,6)14-29-21;1-8-19(25)24-22(4,5)13-18(14-23(24,6)7)28-20(26)10-9-17-11-15(2)21(27)16(3)12-17/h9-18,21-22,32-33,41H,8,19-20,23-26H2,1-7H3;11-12,21,26H,9-10,13-15H2,1-8H3;8,11-12,18,27H,1,9-10,13-14H2,2-7H3. The van der Waals surface area contributed by atoms with Crippen LogP contribution in [0.25, 0.3) is 0 Å². The van der Waals surface area contributed by atoms with E-state index in [1.807, 2.05) is 134 Å². The number of likely N-dealkylation sites (tertiary alicyclic amines) is 1. The van der Waals surface area contributed by atoms with E-state index in [-0.39, 0.29) is 87.8 Å². The van der Waals surface area contributed by atoms with E-state index in [4.69, 9.17) is 33.2 Å². The first kappa shape index (κ1) is 82.6. The van der Waals surface area contributed by atoms with Gasteiger partial charge < -0.3 is 53.4 Å². The zero-order valence-electron chi connectivity index (χ0n) is 65.3. The van der Waals surface area contributed by atoms with Crippen LogP contribution in [-0.2, 0) is 87.8 Å². The van der Waals surface area contributed by atoms with Crippen LogP contribution in [0, 0.1) is 31.6 Å². The number of carbonyl (C=O) groups excluding carboxylic acids is 4. The van der Waals surface area contributed by atoms with E-state index in [2.05, 4.69) is 131 Å². The van der Waals surface area contributed by atoms with E-state index in [9.17, 15) is 34.5 Å². The van der Waals surface area contributed by atoms with Crippen LogP contribution in [0.1, 0.15) is 248 Å². The highest BCUT2D eigenvalue weighted by Gasteiger charge is 2.52. The number of thioether (sulfide) groups is 1. The predicted octanol–water partition coefficient (Wildman–Crippen LogP) is 18.5. The Morgan fingerprint density at radius 1 is 0.559 bits per heavy atom. The molecule has 3 N–H and O–H groups in total. The molecule has 2 atom stereocenters. The lowest BCUT2D eigenvalue weighted by Crippen LogP contribution is -2.64. The van der Waals surface area contributed by atoms with Crippen molar-refractivity contribution in [1.82, 2.24) is 4.90 Å². The van der Waals surface area contributed by atoms with Crippen molar-refractivity contribution in [3.63, 3.8) is 0 Å². The average molecular weight is 1420 g/mol. The topological polar surface area (TPSA) is 197 Å². The molecule has 1 amide bonds. The maximum atomic E-state index is 13.3. The summed E-state index contributed by atoms with van der Waals surface area (Å²) >= 11 is 1.97. The molecule has 4 aliphatic heterocycles. The second-order valence-electron chi connectivity index (χ2n) is 34.8. The zero-order chi connectivity index (χ0) is 75.8. The molecule has 1 spiro atoms.